The van der Waals surface area contributed by atoms with E-state index in [1.165, 1.54) is 48.1 Å². The summed E-state index contributed by atoms with van der Waals surface area (Å²) in [6.07, 6.45) is -3.27. The third kappa shape index (κ3) is 3.69. The van der Waals surface area contributed by atoms with E-state index in [9.17, 15) is 22.4 Å². The van der Waals surface area contributed by atoms with E-state index in [4.69, 9.17) is 0 Å². The van der Waals surface area contributed by atoms with Crippen LogP contribution in [-0.2, 0) is 6.18 Å². The monoisotopic (exact) mass is 377 g/mol. The number of amides is 1. The molecule has 2 aromatic carbocycles. The minimum atomic E-state index is -4.52. The third-order valence-electron chi connectivity index (χ3n) is 4.14. The maximum atomic E-state index is 13.9. The predicted molar refractivity (Wildman–Crippen MR) is 92.4 cm³/mol. The molecule has 140 valence electrons. The Hall–Kier alpha value is -3.16. The van der Waals surface area contributed by atoms with Crippen molar-refractivity contribution in [2.75, 3.05) is 5.32 Å². The molecule has 0 aliphatic heterocycles. The van der Waals surface area contributed by atoms with E-state index >= 15 is 0 Å². The molecule has 1 aromatic heterocycles. The van der Waals surface area contributed by atoms with Crippen molar-refractivity contribution in [2.45, 2.75) is 20.0 Å². The molecule has 0 aliphatic rings. The van der Waals surface area contributed by atoms with Crippen LogP contribution < -0.4 is 5.32 Å². The first-order chi connectivity index (χ1) is 12.7. The summed E-state index contributed by atoms with van der Waals surface area (Å²) in [5.74, 6) is -1.14. The zero-order valence-corrected chi connectivity index (χ0v) is 14.4. The fraction of sp³-hybridized carbons (Fsp3) is 0.158. The molecule has 1 amide bonds. The average molecular weight is 377 g/mol. The Balaban J connectivity index is 1.89. The zero-order valence-electron chi connectivity index (χ0n) is 14.4. The molecule has 0 unspecified atom stereocenters. The SMILES string of the molecule is Cc1ccc(NC(=O)c2cnn(-c3ccccc3F)c2C)cc1C(F)(F)F. The first-order valence-corrected chi connectivity index (χ1v) is 7.97. The van der Waals surface area contributed by atoms with Crippen molar-refractivity contribution >= 4 is 11.6 Å². The molecule has 0 fully saturated rings. The van der Waals surface area contributed by atoms with Gasteiger partial charge in [0.05, 0.1) is 23.0 Å². The van der Waals surface area contributed by atoms with Crippen LogP contribution in [0.15, 0.2) is 48.7 Å². The Morgan fingerprint density at radius 3 is 2.48 bits per heavy atom. The summed E-state index contributed by atoms with van der Waals surface area (Å²) in [7, 11) is 0. The number of alkyl halides is 3. The van der Waals surface area contributed by atoms with Crippen LogP contribution in [0.25, 0.3) is 5.69 Å². The maximum absolute atomic E-state index is 13.9. The lowest BCUT2D eigenvalue weighted by Gasteiger charge is -2.13. The van der Waals surface area contributed by atoms with E-state index in [0.717, 1.165) is 6.07 Å². The highest BCUT2D eigenvalue weighted by Gasteiger charge is 2.32. The molecule has 3 aromatic rings. The second-order valence-electron chi connectivity index (χ2n) is 5.99. The number of rotatable bonds is 3. The molecule has 3 rings (SSSR count). The number of carbonyl (C=O) groups excluding carboxylic acids is 1. The summed E-state index contributed by atoms with van der Waals surface area (Å²) in [6, 6.07) is 9.48. The summed E-state index contributed by atoms with van der Waals surface area (Å²) in [5.41, 5.74) is -0.0871. The van der Waals surface area contributed by atoms with Crippen LogP contribution in [-0.4, -0.2) is 15.7 Å². The normalized spacial score (nSPS) is 11.5. The molecule has 0 atom stereocenters. The molecule has 4 nitrogen and oxygen atoms in total. The van der Waals surface area contributed by atoms with Crippen molar-refractivity contribution in [2.24, 2.45) is 0 Å². The van der Waals surface area contributed by atoms with Gasteiger partial charge in [-0.2, -0.15) is 18.3 Å². The molecule has 0 radical (unpaired) electrons. The number of carbonyl (C=O) groups is 1. The molecule has 0 aliphatic carbocycles. The van der Waals surface area contributed by atoms with Crippen LogP contribution in [0.3, 0.4) is 0 Å². The number of anilines is 1. The number of aromatic nitrogens is 2. The summed E-state index contributed by atoms with van der Waals surface area (Å²) >= 11 is 0. The minimum absolute atomic E-state index is 0.0102. The van der Waals surface area contributed by atoms with Gasteiger partial charge in [0.1, 0.15) is 11.5 Å². The number of aryl methyl sites for hydroxylation is 1. The number of benzene rings is 2. The first kappa shape index (κ1) is 18.6. The topological polar surface area (TPSA) is 46.9 Å². The predicted octanol–water partition coefficient (Wildman–Crippen LogP) is 4.90. The third-order valence-corrected chi connectivity index (χ3v) is 4.14. The standard InChI is InChI=1S/C19H15F4N3O/c1-11-7-8-13(9-15(11)19(21,22)23)25-18(27)14-10-24-26(12(14)2)17-6-4-3-5-16(17)20/h3-10H,1-2H3,(H,25,27). The van der Waals surface area contributed by atoms with Crippen molar-refractivity contribution in [1.29, 1.82) is 0 Å². The molecule has 8 heteroatoms. The van der Waals surface area contributed by atoms with Gasteiger partial charge in [-0.1, -0.05) is 18.2 Å². The van der Waals surface area contributed by atoms with E-state index in [1.54, 1.807) is 13.0 Å². The fourth-order valence-corrected chi connectivity index (χ4v) is 2.70. The molecule has 0 bridgehead atoms. The largest absolute Gasteiger partial charge is 0.416 e. The van der Waals surface area contributed by atoms with Crippen molar-refractivity contribution in [3.63, 3.8) is 0 Å². The lowest BCUT2D eigenvalue weighted by Crippen LogP contribution is -2.15. The van der Waals surface area contributed by atoms with E-state index in [2.05, 4.69) is 10.4 Å². The lowest BCUT2D eigenvalue weighted by molar-refractivity contribution is -0.138. The van der Waals surface area contributed by atoms with E-state index < -0.39 is 23.5 Å². The Morgan fingerprint density at radius 1 is 1.11 bits per heavy atom. The molecule has 1 N–H and O–H groups in total. The lowest BCUT2D eigenvalue weighted by atomic mass is 10.1. The van der Waals surface area contributed by atoms with Gasteiger partial charge in [0.15, 0.2) is 0 Å². The molecule has 27 heavy (non-hydrogen) atoms. The number of hydrogen-bond acceptors (Lipinski definition) is 2. The van der Waals surface area contributed by atoms with E-state index in [1.807, 2.05) is 0 Å². The second-order valence-corrected chi connectivity index (χ2v) is 5.99. The Kier molecular flexibility index (Phi) is 4.73. The van der Waals surface area contributed by atoms with Gasteiger partial charge in [-0.15, -0.1) is 0 Å². The van der Waals surface area contributed by atoms with Crippen LogP contribution in [0.2, 0.25) is 0 Å². The zero-order chi connectivity index (χ0) is 19.8. The van der Waals surface area contributed by atoms with Gasteiger partial charge < -0.3 is 5.32 Å². The Bertz CT molecular complexity index is 1010. The summed E-state index contributed by atoms with van der Waals surface area (Å²) < 4.78 is 54.3. The number of nitrogens with zero attached hydrogens (tertiary/aromatic N) is 2. The van der Waals surface area contributed by atoms with Crippen LogP contribution >= 0.6 is 0 Å². The number of nitrogens with one attached hydrogen (secondary N) is 1. The highest BCUT2D eigenvalue weighted by atomic mass is 19.4. The number of halogens is 4. The van der Waals surface area contributed by atoms with Gasteiger partial charge in [-0.3, -0.25) is 4.79 Å². The fourth-order valence-electron chi connectivity index (χ4n) is 2.70. The van der Waals surface area contributed by atoms with Gasteiger partial charge in [0.25, 0.3) is 5.91 Å². The van der Waals surface area contributed by atoms with Crippen molar-refractivity contribution in [3.8, 4) is 5.69 Å². The maximum Gasteiger partial charge on any atom is 0.416 e. The van der Waals surface area contributed by atoms with Crippen LogP contribution in [0.5, 0.6) is 0 Å². The molecule has 1 heterocycles. The number of para-hydroxylation sites is 1. The highest BCUT2D eigenvalue weighted by molar-refractivity contribution is 6.05. The van der Waals surface area contributed by atoms with Crippen LogP contribution in [0.1, 0.15) is 27.2 Å². The Morgan fingerprint density at radius 2 is 1.81 bits per heavy atom. The average Bonchev–Trinajstić information content (AvgIpc) is 2.97. The van der Waals surface area contributed by atoms with Gasteiger partial charge in [-0.25, -0.2) is 9.07 Å². The van der Waals surface area contributed by atoms with Crippen LogP contribution in [0, 0.1) is 19.7 Å². The van der Waals surface area contributed by atoms with Gasteiger partial charge in [0, 0.05) is 5.69 Å². The summed E-state index contributed by atoms with van der Waals surface area (Å²) in [6.45, 7) is 2.92. The highest BCUT2D eigenvalue weighted by Crippen LogP contribution is 2.33. The Labute approximate surface area is 152 Å². The molecular weight excluding hydrogens is 362 g/mol. The van der Waals surface area contributed by atoms with Crippen molar-refractivity contribution in [3.05, 3.63) is 76.9 Å². The molecule has 0 spiro atoms. The van der Waals surface area contributed by atoms with Gasteiger partial charge in [0.2, 0.25) is 0 Å². The van der Waals surface area contributed by atoms with E-state index in [-0.39, 0.29) is 22.5 Å². The van der Waals surface area contributed by atoms with Crippen molar-refractivity contribution < 1.29 is 22.4 Å². The quantitative estimate of drug-likeness (QED) is 0.660. The first-order valence-electron chi connectivity index (χ1n) is 7.97. The minimum Gasteiger partial charge on any atom is -0.322 e. The summed E-state index contributed by atoms with van der Waals surface area (Å²) in [5, 5.41) is 6.45. The molecular formula is C19H15F4N3O. The van der Waals surface area contributed by atoms with Gasteiger partial charge in [-0.05, 0) is 43.7 Å². The molecule has 0 saturated heterocycles. The number of hydrogen-bond donors (Lipinski definition) is 1. The molecule has 0 saturated carbocycles. The summed E-state index contributed by atoms with van der Waals surface area (Å²) in [4.78, 5) is 12.5. The smallest absolute Gasteiger partial charge is 0.322 e. The van der Waals surface area contributed by atoms with Crippen LogP contribution in [0.4, 0.5) is 23.2 Å². The van der Waals surface area contributed by atoms with Crippen molar-refractivity contribution in [1.82, 2.24) is 9.78 Å². The second kappa shape index (κ2) is 6.86. The van der Waals surface area contributed by atoms with Gasteiger partial charge >= 0.3 is 6.18 Å². The van der Waals surface area contributed by atoms with E-state index in [0.29, 0.717) is 5.69 Å².